The van der Waals surface area contributed by atoms with Crippen molar-refractivity contribution in [3.05, 3.63) is 69.0 Å². The summed E-state index contributed by atoms with van der Waals surface area (Å²) in [5, 5.41) is 5.03. The van der Waals surface area contributed by atoms with Crippen LogP contribution in [0.3, 0.4) is 0 Å². The number of nitrogens with one attached hydrogen (secondary N) is 1. The van der Waals surface area contributed by atoms with E-state index >= 15 is 0 Å². The summed E-state index contributed by atoms with van der Waals surface area (Å²) in [6, 6.07) is 14.6. The third kappa shape index (κ3) is 4.86. The first-order chi connectivity index (χ1) is 12.9. The lowest BCUT2D eigenvalue weighted by Crippen LogP contribution is -2.16. The molecule has 0 radical (unpaired) electrons. The summed E-state index contributed by atoms with van der Waals surface area (Å²) in [4.78, 5) is 14.7. The Morgan fingerprint density at radius 3 is 2.56 bits per heavy atom. The molecule has 0 fully saturated rings. The van der Waals surface area contributed by atoms with Crippen LogP contribution in [0.5, 0.6) is 0 Å². The smallest absolute Gasteiger partial charge is 0.283 e. The SMILES string of the molecule is CN(C)c1ccc(/C=N/NC(=O)c2cc(-c3ccc(Cl)cc3Cl)ns2)cc1. The minimum atomic E-state index is -0.329. The fourth-order valence-corrected chi connectivity index (χ4v) is 3.43. The summed E-state index contributed by atoms with van der Waals surface area (Å²) in [6.45, 7) is 0. The molecule has 1 aromatic heterocycles. The van der Waals surface area contributed by atoms with Crippen LogP contribution in [0.1, 0.15) is 15.2 Å². The number of benzene rings is 2. The summed E-state index contributed by atoms with van der Waals surface area (Å²) in [5.41, 5.74) is 5.83. The quantitative estimate of drug-likeness (QED) is 0.471. The third-order valence-electron chi connectivity index (χ3n) is 3.73. The van der Waals surface area contributed by atoms with E-state index in [4.69, 9.17) is 23.2 Å². The van der Waals surface area contributed by atoms with Crippen LogP contribution in [-0.4, -0.2) is 30.6 Å². The van der Waals surface area contributed by atoms with Crippen LogP contribution in [0.25, 0.3) is 11.3 Å². The first kappa shape index (κ1) is 19.4. The lowest BCUT2D eigenvalue weighted by Gasteiger charge is -2.11. The van der Waals surface area contributed by atoms with Gasteiger partial charge in [-0.05, 0) is 53.5 Å². The number of hydrazone groups is 1. The number of halogens is 2. The highest BCUT2D eigenvalue weighted by atomic mass is 35.5. The minimum absolute atomic E-state index is 0.329. The zero-order valence-corrected chi connectivity index (χ0v) is 16.9. The molecule has 0 spiro atoms. The molecule has 0 aliphatic rings. The van der Waals surface area contributed by atoms with Gasteiger partial charge in [0.25, 0.3) is 5.91 Å². The maximum Gasteiger partial charge on any atom is 0.283 e. The number of aromatic nitrogens is 1. The summed E-state index contributed by atoms with van der Waals surface area (Å²) in [5.74, 6) is -0.329. The van der Waals surface area contributed by atoms with E-state index in [1.807, 2.05) is 43.3 Å². The molecule has 27 heavy (non-hydrogen) atoms. The van der Waals surface area contributed by atoms with Gasteiger partial charge < -0.3 is 4.90 Å². The van der Waals surface area contributed by atoms with Crippen LogP contribution in [0.15, 0.2) is 53.6 Å². The number of nitrogens with zero attached hydrogens (tertiary/aromatic N) is 3. The average Bonchev–Trinajstić information content (AvgIpc) is 3.12. The van der Waals surface area contributed by atoms with Gasteiger partial charge in [-0.25, -0.2) is 5.43 Å². The number of anilines is 1. The summed E-state index contributed by atoms with van der Waals surface area (Å²) >= 11 is 13.2. The van der Waals surface area contributed by atoms with Crippen LogP contribution in [0.2, 0.25) is 10.0 Å². The molecule has 0 saturated heterocycles. The molecule has 0 unspecified atom stereocenters. The second kappa shape index (κ2) is 8.52. The average molecular weight is 419 g/mol. The molecule has 3 aromatic rings. The van der Waals surface area contributed by atoms with Crippen molar-refractivity contribution >= 4 is 52.5 Å². The molecule has 0 aliphatic carbocycles. The van der Waals surface area contributed by atoms with Gasteiger partial charge in [0, 0.05) is 30.4 Å². The van der Waals surface area contributed by atoms with Crippen LogP contribution in [0.4, 0.5) is 5.69 Å². The fraction of sp³-hybridized carbons (Fsp3) is 0.105. The van der Waals surface area contributed by atoms with Gasteiger partial charge in [-0.15, -0.1) is 0 Å². The van der Waals surface area contributed by atoms with Gasteiger partial charge in [-0.2, -0.15) is 9.47 Å². The second-order valence-corrected chi connectivity index (χ2v) is 7.53. The van der Waals surface area contributed by atoms with Gasteiger partial charge >= 0.3 is 0 Å². The molecule has 0 aliphatic heterocycles. The Balaban J connectivity index is 1.65. The van der Waals surface area contributed by atoms with Crippen LogP contribution >= 0.6 is 34.7 Å². The van der Waals surface area contributed by atoms with Crippen LogP contribution < -0.4 is 10.3 Å². The lowest BCUT2D eigenvalue weighted by molar-refractivity contribution is 0.0959. The Morgan fingerprint density at radius 1 is 1.15 bits per heavy atom. The number of amides is 1. The Bertz CT molecular complexity index is 984. The maximum atomic E-state index is 12.2. The summed E-state index contributed by atoms with van der Waals surface area (Å²) < 4.78 is 4.29. The Kier molecular flexibility index (Phi) is 6.11. The van der Waals surface area contributed by atoms with E-state index in [2.05, 4.69) is 14.9 Å². The lowest BCUT2D eigenvalue weighted by atomic mass is 10.1. The van der Waals surface area contributed by atoms with Crippen molar-refractivity contribution < 1.29 is 4.79 Å². The van der Waals surface area contributed by atoms with Gasteiger partial charge in [0.05, 0.1) is 16.9 Å². The molecule has 1 heterocycles. The molecule has 2 aromatic carbocycles. The Hall–Kier alpha value is -2.41. The zero-order chi connectivity index (χ0) is 19.4. The Labute approximate surface area is 171 Å². The second-order valence-electron chi connectivity index (χ2n) is 5.89. The van der Waals surface area contributed by atoms with E-state index in [1.165, 1.54) is 0 Å². The van der Waals surface area contributed by atoms with Crippen LogP contribution in [-0.2, 0) is 0 Å². The number of rotatable bonds is 5. The van der Waals surface area contributed by atoms with E-state index in [1.54, 1.807) is 30.5 Å². The highest BCUT2D eigenvalue weighted by molar-refractivity contribution is 7.08. The third-order valence-corrected chi connectivity index (χ3v) is 5.07. The normalized spacial score (nSPS) is 11.0. The van der Waals surface area contributed by atoms with Crippen molar-refractivity contribution in [2.75, 3.05) is 19.0 Å². The van der Waals surface area contributed by atoms with E-state index in [-0.39, 0.29) is 5.91 Å². The molecule has 3 rings (SSSR count). The monoisotopic (exact) mass is 418 g/mol. The standard InChI is InChI=1S/C19H16Cl2N4OS/c1-25(2)14-6-3-12(4-7-14)11-22-23-19(26)18-10-17(24-27-18)15-8-5-13(20)9-16(15)21/h3-11H,1-2H3,(H,23,26)/b22-11+. The van der Waals surface area contributed by atoms with Crippen molar-refractivity contribution in [2.24, 2.45) is 5.10 Å². The van der Waals surface area contributed by atoms with Gasteiger partial charge in [0.15, 0.2) is 0 Å². The largest absolute Gasteiger partial charge is 0.378 e. The molecule has 1 amide bonds. The molecule has 0 atom stereocenters. The number of carbonyl (C=O) groups is 1. The highest BCUT2D eigenvalue weighted by Gasteiger charge is 2.13. The fourth-order valence-electron chi connectivity index (χ4n) is 2.29. The van der Waals surface area contributed by atoms with E-state index < -0.39 is 0 Å². The van der Waals surface area contributed by atoms with Gasteiger partial charge in [0.1, 0.15) is 4.88 Å². The molecule has 0 saturated carbocycles. The van der Waals surface area contributed by atoms with Crippen LogP contribution in [0, 0.1) is 0 Å². The molecule has 0 bridgehead atoms. The minimum Gasteiger partial charge on any atom is -0.378 e. The number of hydrogen-bond acceptors (Lipinski definition) is 5. The van der Waals surface area contributed by atoms with E-state index in [0.29, 0.717) is 20.6 Å². The molecule has 5 nitrogen and oxygen atoms in total. The van der Waals surface area contributed by atoms with Crippen molar-refractivity contribution in [1.29, 1.82) is 0 Å². The topological polar surface area (TPSA) is 57.6 Å². The predicted molar refractivity (Wildman–Crippen MR) is 113 cm³/mol. The zero-order valence-electron chi connectivity index (χ0n) is 14.6. The predicted octanol–water partition coefficient (Wildman–Crippen LogP) is 4.95. The Morgan fingerprint density at radius 2 is 1.89 bits per heavy atom. The van der Waals surface area contributed by atoms with E-state index in [9.17, 15) is 4.79 Å². The molecule has 8 heteroatoms. The molecule has 138 valence electrons. The summed E-state index contributed by atoms with van der Waals surface area (Å²) in [7, 11) is 3.95. The number of carbonyl (C=O) groups excluding carboxylic acids is 1. The van der Waals surface area contributed by atoms with Crippen molar-refractivity contribution in [3.8, 4) is 11.3 Å². The molecular weight excluding hydrogens is 403 g/mol. The van der Waals surface area contributed by atoms with E-state index in [0.717, 1.165) is 28.3 Å². The highest BCUT2D eigenvalue weighted by Crippen LogP contribution is 2.31. The van der Waals surface area contributed by atoms with Gasteiger partial charge in [-0.3, -0.25) is 4.79 Å². The van der Waals surface area contributed by atoms with Crippen molar-refractivity contribution in [3.63, 3.8) is 0 Å². The molecular formula is C19H16Cl2N4OS. The maximum absolute atomic E-state index is 12.2. The first-order valence-electron chi connectivity index (χ1n) is 7.97. The summed E-state index contributed by atoms with van der Waals surface area (Å²) in [6.07, 6.45) is 1.59. The van der Waals surface area contributed by atoms with Crippen molar-refractivity contribution in [2.45, 2.75) is 0 Å². The van der Waals surface area contributed by atoms with Crippen molar-refractivity contribution in [1.82, 2.24) is 9.80 Å². The van der Waals surface area contributed by atoms with Gasteiger partial charge in [0.2, 0.25) is 0 Å². The first-order valence-corrected chi connectivity index (χ1v) is 9.50. The number of hydrogen-bond donors (Lipinski definition) is 1. The molecule has 1 N–H and O–H groups in total. The van der Waals surface area contributed by atoms with Gasteiger partial charge in [-0.1, -0.05) is 35.3 Å².